The van der Waals surface area contributed by atoms with Crippen molar-refractivity contribution in [3.63, 3.8) is 0 Å². The van der Waals surface area contributed by atoms with Crippen molar-refractivity contribution in [2.24, 2.45) is 0 Å². The molecule has 0 spiro atoms. The molecule has 0 radical (unpaired) electrons. The van der Waals surface area contributed by atoms with Gasteiger partial charge in [-0.3, -0.25) is 23.9 Å². The Kier molecular flexibility index (Phi) is 7.70. The summed E-state index contributed by atoms with van der Waals surface area (Å²) < 4.78 is 27.9. The molecule has 12 heteroatoms. The topological polar surface area (TPSA) is 135 Å². The van der Waals surface area contributed by atoms with Crippen molar-refractivity contribution in [1.82, 2.24) is 29.8 Å². The number of fused-ring (bicyclic) bond motifs is 1. The predicted octanol–water partition coefficient (Wildman–Crippen LogP) is 4.29. The van der Waals surface area contributed by atoms with Crippen LogP contribution in [0.2, 0.25) is 0 Å². The molecule has 4 heterocycles. The largest absolute Gasteiger partial charge is 0.348 e. The van der Waals surface area contributed by atoms with Crippen molar-refractivity contribution in [3.05, 3.63) is 136 Å². The number of amides is 2. The number of carbonyl (C=O) groups excluding carboxylic acids is 2. The Balaban J connectivity index is 1.09. The Hall–Kier alpha value is -6.04. The van der Waals surface area contributed by atoms with E-state index in [4.69, 9.17) is 0 Å². The van der Waals surface area contributed by atoms with Gasteiger partial charge in [0.15, 0.2) is 11.6 Å². The highest BCUT2D eigenvalue weighted by Crippen LogP contribution is 2.34. The molecule has 0 bridgehead atoms. The van der Waals surface area contributed by atoms with Crippen molar-refractivity contribution in [1.29, 1.82) is 0 Å². The van der Waals surface area contributed by atoms with Crippen molar-refractivity contribution in [2.75, 3.05) is 11.9 Å². The number of nitrogens with zero attached hydrogens (tertiary/aromatic N) is 4. The summed E-state index contributed by atoms with van der Waals surface area (Å²) in [5.74, 6) is -2.25. The number of halogens is 2. The van der Waals surface area contributed by atoms with Crippen LogP contribution in [0.15, 0.2) is 90.5 Å². The van der Waals surface area contributed by atoms with Gasteiger partial charge >= 0.3 is 0 Å². The molecule has 0 aliphatic carbocycles. The number of carbonyl (C=O) groups is 2. The number of hydrogen-bond acceptors (Lipinski definition) is 6. The maximum Gasteiger partial charge on any atom is 0.266 e. The van der Waals surface area contributed by atoms with Gasteiger partial charge in [-0.2, -0.15) is 0 Å². The molecule has 10 nitrogen and oxygen atoms in total. The second-order valence-corrected chi connectivity index (χ2v) is 9.85. The predicted molar refractivity (Wildman–Crippen MR) is 160 cm³/mol. The molecule has 5 aromatic rings. The van der Waals surface area contributed by atoms with Gasteiger partial charge in [-0.25, -0.2) is 18.7 Å². The number of hydrogen-bond donors (Lipinski definition) is 3. The first kappa shape index (κ1) is 28.1. The van der Waals surface area contributed by atoms with Crippen LogP contribution in [0.25, 0.3) is 29.1 Å². The van der Waals surface area contributed by atoms with Gasteiger partial charge in [-0.15, -0.1) is 0 Å². The van der Waals surface area contributed by atoms with Crippen LogP contribution in [0.4, 0.5) is 14.5 Å². The highest BCUT2D eigenvalue weighted by atomic mass is 19.2. The van der Waals surface area contributed by atoms with Crippen LogP contribution in [0, 0.1) is 11.6 Å². The van der Waals surface area contributed by atoms with E-state index in [9.17, 15) is 23.2 Å². The van der Waals surface area contributed by atoms with E-state index in [1.54, 1.807) is 36.8 Å². The van der Waals surface area contributed by atoms with Gasteiger partial charge in [0.1, 0.15) is 11.4 Å². The number of rotatable bonds is 8. The molecule has 44 heavy (non-hydrogen) atoms. The molecule has 2 aromatic carbocycles. The Morgan fingerprint density at radius 3 is 2.70 bits per heavy atom. The zero-order valence-electron chi connectivity index (χ0n) is 22.9. The molecule has 3 aromatic heterocycles. The van der Waals surface area contributed by atoms with Crippen LogP contribution < -0.4 is 16.2 Å². The molecular formula is C32H23F2N7O3. The minimum atomic E-state index is -1.03. The van der Waals surface area contributed by atoms with Crippen molar-refractivity contribution >= 4 is 35.2 Å². The van der Waals surface area contributed by atoms with E-state index in [1.165, 1.54) is 12.4 Å². The summed E-state index contributed by atoms with van der Waals surface area (Å²) in [5.41, 5.74) is 3.72. The maximum atomic E-state index is 13.5. The molecular weight excluding hydrogens is 568 g/mol. The fraction of sp³-hybridized carbons (Fsp3) is 0.0625. The third kappa shape index (κ3) is 5.95. The molecule has 0 saturated heterocycles. The number of aromatic amines is 1. The molecule has 0 fully saturated rings. The average Bonchev–Trinajstić information content (AvgIpc) is 3.62. The van der Waals surface area contributed by atoms with Crippen LogP contribution in [0.5, 0.6) is 0 Å². The first-order valence-corrected chi connectivity index (χ1v) is 13.4. The lowest BCUT2D eigenvalue weighted by Gasteiger charge is -2.08. The molecule has 0 saturated carbocycles. The standard InChI is InChI=1S/C32H23F2N7O3/c33-26-8-6-20(11-27(26)34)17-41-18-36-16-25(32(41)44)30(42)37-10-1-3-19-5-7-23-24(31(43)40-28(23)12-19)13-22-15-38-29(39-22)21-4-2-9-35-14-21/h1-9,11-16,18H,10,17H2,(H,37,42)(H,38,39)(H,40,43). The third-order valence-corrected chi connectivity index (χ3v) is 6.83. The maximum absolute atomic E-state index is 13.5. The van der Waals surface area contributed by atoms with Crippen LogP contribution >= 0.6 is 0 Å². The second-order valence-electron chi connectivity index (χ2n) is 9.85. The van der Waals surface area contributed by atoms with E-state index in [1.807, 2.05) is 30.3 Å². The quantitative estimate of drug-likeness (QED) is 0.231. The van der Waals surface area contributed by atoms with E-state index >= 15 is 0 Å². The second kappa shape index (κ2) is 12.1. The lowest BCUT2D eigenvalue weighted by molar-refractivity contribution is -0.110. The summed E-state index contributed by atoms with van der Waals surface area (Å²) in [6.45, 7) is 0.0359. The Morgan fingerprint density at radius 1 is 1.00 bits per heavy atom. The number of benzene rings is 2. The van der Waals surface area contributed by atoms with Crippen molar-refractivity contribution < 1.29 is 18.4 Å². The van der Waals surface area contributed by atoms with Gasteiger partial charge in [-0.1, -0.05) is 30.4 Å². The zero-order chi connectivity index (χ0) is 30.6. The summed E-state index contributed by atoms with van der Waals surface area (Å²) >= 11 is 0. The molecule has 1 aliphatic heterocycles. The van der Waals surface area contributed by atoms with E-state index in [2.05, 4.69) is 30.6 Å². The minimum Gasteiger partial charge on any atom is -0.348 e. The summed E-state index contributed by atoms with van der Waals surface area (Å²) in [6, 6.07) is 12.5. The smallest absolute Gasteiger partial charge is 0.266 e. The van der Waals surface area contributed by atoms with E-state index in [0.717, 1.165) is 39.6 Å². The monoisotopic (exact) mass is 591 g/mol. The van der Waals surface area contributed by atoms with Gasteiger partial charge in [0.05, 0.1) is 30.3 Å². The molecule has 0 unspecified atom stereocenters. The SMILES string of the molecule is O=C1Nc2cc(C=CCNC(=O)c3cncn(Cc4ccc(F)c(F)c4)c3=O)ccc2C1=Cc1cnc(-c2cccnc2)[nH]1. The first-order valence-electron chi connectivity index (χ1n) is 13.4. The summed E-state index contributed by atoms with van der Waals surface area (Å²) in [6.07, 6.45) is 12.6. The molecule has 218 valence electrons. The van der Waals surface area contributed by atoms with E-state index in [-0.39, 0.29) is 24.6 Å². The Bertz CT molecular complexity index is 2020. The van der Waals surface area contributed by atoms with Crippen LogP contribution in [0.1, 0.15) is 32.7 Å². The third-order valence-electron chi connectivity index (χ3n) is 6.83. The normalized spacial score (nSPS) is 13.3. The molecule has 0 atom stereocenters. The van der Waals surface area contributed by atoms with Crippen molar-refractivity contribution in [2.45, 2.75) is 6.54 Å². The number of H-pyrrole nitrogens is 1. The van der Waals surface area contributed by atoms with Gasteiger partial charge in [0, 0.05) is 41.9 Å². The number of anilines is 1. The number of imidazole rings is 1. The van der Waals surface area contributed by atoms with E-state index in [0.29, 0.717) is 28.3 Å². The lowest BCUT2D eigenvalue weighted by atomic mass is 10.0. The molecule has 3 N–H and O–H groups in total. The first-order chi connectivity index (χ1) is 21.4. The van der Waals surface area contributed by atoms with Gasteiger partial charge in [0.25, 0.3) is 17.4 Å². The number of pyridine rings is 1. The highest BCUT2D eigenvalue weighted by Gasteiger charge is 2.24. The average molecular weight is 592 g/mol. The number of aromatic nitrogens is 5. The lowest BCUT2D eigenvalue weighted by Crippen LogP contribution is -2.33. The Morgan fingerprint density at radius 2 is 1.89 bits per heavy atom. The highest BCUT2D eigenvalue weighted by molar-refractivity contribution is 6.34. The van der Waals surface area contributed by atoms with Gasteiger partial charge < -0.3 is 15.6 Å². The zero-order valence-corrected chi connectivity index (χ0v) is 22.9. The van der Waals surface area contributed by atoms with Crippen LogP contribution in [-0.2, 0) is 11.3 Å². The van der Waals surface area contributed by atoms with E-state index < -0.39 is 23.1 Å². The molecule has 6 rings (SSSR count). The molecule has 2 amide bonds. The summed E-state index contributed by atoms with van der Waals surface area (Å²) in [4.78, 5) is 53.8. The fourth-order valence-corrected chi connectivity index (χ4v) is 4.67. The van der Waals surface area contributed by atoms with Gasteiger partial charge in [-0.05, 0) is 47.5 Å². The summed E-state index contributed by atoms with van der Waals surface area (Å²) in [5, 5.41) is 5.52. The van der Waals surface area contributed by atoms with Crippen LogP contribution in [0.3, 0.4) is 0 Å². The number of nitrogens with one attached hydrogen (secondary N) is 3. The molecule has 1 aliphatic rings. The summed E-state index contributed by atoms with van der Waals surface area (Å²) in [7, 11) is 0. The fourth-order valence-electron chi connectivity index (χ4n) is 4.67. The van der Waals surface area contributed by atoms with Crippen molar-refractivity contribution in [3.8, 4) is 11.4 Å². The minimum absolute atomic E-state index is 0.0792. The van der Waals surface area contributed by atoms with Crippen LogP contribution in [-0.4, -0.2) is 42.9 Å². The van der Waals surface area contributed by atoms with Gasteiger partial charge in [0.2, 0.25) is 0 Å². The Labute approximate surface area is 248 Å².